The van der Waals surface area contributed by atoms with Gasteiger partial charge in [0.2, 0.25) is 0 Å². The minimum atomic E-state index is 0.610. The fourth-order valence-electron chi connectivity index (χ4n) is 2.48. The van der Waals surface area contributed by atoms with E-state index in [2.05, 4.69) is 38.6 Å². The van der Waals surface area contributed by atoms with Crippen molar-refractivity contribution in [3.63, 3.8) is 0 Å². The molecule has 0 saturated carbocycles. The molecule has 0 spiro atoms. The van der Waals surface area contributed by atoms with Gasteiger partial charge in [0.05, 0.1) is 10.9 Å². The van der Waals surface area contributed by atoms with Crippen LogP contribution in [0.4, 0.5) is 0 Å². The third-order valence-electron chi connectivity index (χ3n) is 3.37. The lowest BCUT2D eigenvalue weighted by Gasteiger charge is -2.02. The van der Waals surface area contributed by atoms with Gasteiger partial charge in [0.25, 0.3) is 0 Å². The Bertz CT molecular complexity index is 950. The maximum absolute atomic E-state index is 4.39. The zero-order valence-electron chi connectivity index (χ0n) is 10.6. The van der Waals surface area contributed by atoms with Crippen molar-refractivity contribution in [2.24, 2.45) is 0 Å². The largest absolute Gasteiger partial charge is 0.235 e. The highest BCUT2D eigenvalue weighted by molar-refractivity contribution is 6.05. The van der Waals surface area contributed by atoms with Gasteiger partial charge < -0.3 is 0 Å². The summed E-state index contributed by atoms with van der Waals surface area (Å²) in [7, 11) is 0. The number of benzene rings is 1. The molecule has 0 amide bonds. The smallest absolute Gasteiger partial charge is 0.186 e. The van der Waals surface area contributed by atoms with Crippen molar-refractivity contribution in [2.75, 3.05) is 0 Å². The Kier molecular flexibility index (Phi) is 2.39. The van der Waals surface area contributed by atoms with Crippen LogP contribution in [0.25, 0.3) is 34.1 Å². The molecule has 0 N–H and O–H groups in total. The predicted molar refractivity (Wildman–Crippen MR) is 79.3 cm³/mol. The lowest BCUT2D eigenvalue weighted by Crippen LogP contribution is -2.06. The first-order chi connectivity index (χ1) is 9.93. The SMILES string of the molecule is C1=CC=c2c(ccnc3nnnc4cccc2c43)C=C1. The molecule has 0 aliphatic heterocycles. The summed E-state index contributed by atoms with van der Waals surface area (Å²) in [5.74, 6) is 0. The first kappa shape index (κ1) is 11.0. The molecule has 0 saturated heterocycles. The van der Waals surface area contributed by atoms with Gasteiger partial charge in [-0.25, -0.2) is 4.98 Å². The highest BCUT2D eigenvalue weighted by Crippen LogP contribution is 2.18. The minimum Gasteiger partial charge on any atom is -0.235 e. The summed E-state index contributed by atoms with van der Waals surface area (Å²) in [6, 6.07) is 7.97. The van der Waals surface area contributed by atoms with Gasteiger partial charge in [-0.05, 0) is 33.5 Å². The second kappa shape index (κ2) is 4.35. The number of aromatic nitrogens is 4. The summed E-state index contributed by atoms with van der Waals surface area (Å²) < 4.78 is 0. The van der Waals surface area contributed by atoms with E-state index in [4.69, 9.17) is 0 Å². The van der Waals surface area contributed by atoms with Gasteiger partial charge >= 0.3 is 0 Å². The molecule has 0 atom stereocenters. The Morgan fingerprint density at radius 3 is 2.90 bits per heavy atom. The number of fused-ring (bicyclic) bond motifs is 2. The Labute approximate surface area is 114 Å². The first-order valence-corrected chi connectivity index (χ1v) is 6.36. The van der Waals surface area contributed by atoms with Crippen molar-refractivity contribution in [2.45, 2.75) is 0 Å². The minimum absolute atomic E-state index is 0.610. The van der Waals surface area contributed by atoms with Crippen LogP contribution in [-0.2, 0) is 0 Å². The summed E-state index contributed by atoms with van der Waals surface area (Å²) in [5.41, 5.74) is 2.54. The van der Waals surface area contributed by atoms with Gasteiger partial charge in [0.1, 0.15) is 0 Å². The van der Waals surface area contributed by atoms with Crippen molar-refractivity contribution in [1.82, 2.24) is 20.4 Å². The predicted octanol–water partition coefficient (Wildman–Crippen LogP) is 2.22. The van der Waals surface area contributed by atoms with Crippen LogP contribution in [0.5, 0.6) is 0 Å². The van der Waals surface area contributed by atoms with Gasteiger partial charge in [-0.2, -0.15) is 0 Å². The van der Waals surface area contributed by atoms with Crippen molar-refractivity contribution in [1.29, 1.82) is 0 Å². The standard InChI is InChI=1S/C16H10N4/c1-2-5-11-9-10-17-16-15-13(12(11)6-3-1)7-4-8-14(15)18-20-19-16/h1-10H. The maximum atomic E-state index is 4.39. The summed E-state index contributed by atoms with van der Waals surface area (Å²) >= 11 is 0. The summed E-state index contributed by atoms with van der Waals surface area (Å²) in [4.78, 5) is 4.39. The highest BCUT2D eigenvalue weighted by atomic mass is 15.3. The van der Waals surface area contributed by atoms with Crippen LogP contribution in [0.3, 0.4) is 0 Å². The number of nitrogens with zero attached hydrogens (tertiary/aromatic N) is 4. The lowest BCUT2D eigenvalue weighted by molar-refractivity contribution is 0.907. The zero-order valence-corrected chi connectivity index (χ0v) is 10.6. The van der Waals surface area contributed by atoms with Crippen molar-refractivity contribution in [3.8, 4) is 0 Å². The Hall–Kier alpha value is -2.88. The molecule has 4 rings (SSSR count). The Balaban J connectivity index is 2.38. The van der Waals surface area contributed by atoms with Gasteiger partial charge in [-0.1, -0.05) is 42.5 Å². The van der Waals surface area contributed by atoms with Crippen LogP contribution < -0.4 is 5.22 Å². The molecular weight excluding hydrogens is 248 g/mol. The molecule has 0 radical (unpaired) electrons. The van der Waals surface area contributed by atoms with Crippen LogP contribution in [0.1, 0.15) is 5.56 Å². The molecule has 2 heterocycles. The van der Waals surface area contributed by atoms with Gasteiger partial charge in [-0.3, -0.25) is 0 Å². The van der Waals surface area contributed by atoms with Crippen LogP contribution in [0.2, 0.25) is 0 Å². The van der Waals surface area contributed by atoms with E-state index in [-0.39, 0.29) is 0 Å². The van der Waals surface area contributed by atoms with Gasteiger partial charge in [-0.15, -0.1) is 10.2 Å². The molecule has 4 nitrogen and oxygen atoms in total. The third kappa shape index (κ3) is 1.62. The Morgan fingerprint density at radius 2 is 1.90 bits per heavy atom. The average Bonchev–Trinajstić information content (AvgIpc) is 2.70. The van der Waals surface area contributed by atoms with E-state index < -0.39 is 0 Å². The second-order valence-corrected chi connectivity index (χ2v) is 4.54. The second-order valence-electron chi connectivity index (χ2n) is 4.54. The van der Waals surface area contributed by atoms with E-state index in [9.17, 15) is 0 Å². The van der Waals surface area contributed by atoms with Gasteiger partial charge in [0, 0.05) is 6.20 Å². The molecule has 94 valence electrons. The van der Waals surface area contributed by atoms with Crippen molar-refractivity contribution < 1.29 is 0 Å². The summed E-state index contributed by atoms with van der Waals surface area (Å²) in [6.07, 6.45) is 12.0. The number of allylic oxidation sites excluding steroid dienone is 3. The zero-order chi connectivity index (χ0) is 13.4. The maximum Gasteiger partial charge on any atom is 0.186 e. The normalized spacial score (nSPS) is 13.0. The van der Waals surface area contributed by atoms with E-state index >= 15 is 0 Å². The number of rotatable bonds is 0. The van der Waals surface area contributed by atoms with E-state index in [1.165, 1.54) is 0 Å². The lowest BCUT2D eigenvalue weighted by atomic mass is 10.1. The fraction of sp³-hybridized carbons (Fsp3) is 0. The molecule has 4 heteroatoms. The molecule has 0 bridgehead atoms. The topological polar surface area (TPSA) is 51.6 Å². The monoisotopic (exact) mass is 258 g/mol. The van der Waals surface area contributed by atoms with Crippen LogP contribution >= 0.6 is 0 Å². The molecule has 1 aliphatic rings. The fourth-order valence-corrected chi connectivity index (χ4v) is 2.48. The average molecular weight is 258 g/mol. The molecule has 3 aromatic rings. The molecule has 2 aromatic heterocycles. The van der Waals surface area contributed by atoms with Crippen LogP contribution in [-0.4, -0.2) is 20.4 Å². The Morgan fingerprint density at radius 1 is 0.900 bits per heavy atom. The third-order valence-corrected chi connectivity index (χ3v) is 3.37. The molecule has 1 aromatic carbocycles. The van der Waals surface area contributed by atoms with Crippen molar-refractivity contribution >= 4 is 34.1 Å². The van der Waals surface area contributed by atoms with Crippen LogP contribution in [0, 0.1) is 0 Å². The molecular formula is C16H10N4. The van der Waals surface area contributed by atoms with E-state index in [1.807, 2.05) is 36.4 Å². The number of hydrogen-bond acceptors (Lipinski definition) is 4. The van der Waals surface area contributed by atoms with E-state index in [0.717, 1.165) is 27.1 Å². The molecule has 20 heavy (non-hydrogen) atoms. The quantitative estimate of drug-likeness (QED) is 0.620. The molecule has 1 aliphatic carbocycles. The molecule has 0 unspecified atom stereocenters. The van der Waals surface area contributed by atoms with E-state index in [1.54, 1.807) is 6.20 Å². The van der Waals surface area contributed by atoms with Gasteiger partial charge in [0.15, 0.2) is 5.65 Å². The highest BCUT2D eigenvalue weighted by Gasteiger charge is 2.06. The number of hydrogen-bond donors (Lipinski definition) is 0. The summed E-state index contributed by atoms with van der Waals surface area (Å²) in [6.45, 7) is 0. The first-order valence-electron chi connectivity index (χ1n) is 6.36. The van der Waals surface area contributed by atoms with E-state index in [0.29, 0.717) is 5.65 Å². The summed E-state index contributed by atoms with van der Waals surface area (Å²) in [5, 5.41) is 15.1. The van der Waals surface area contributed by atoms with Crippen LogP contribution in [0.15, 0.2) is 48.7 Å². The molecule has 0 fully saturated rings. The van der Waals surface area contributed by atoms with Crippen molar-refractivity contribution in [3.05, 3.63) is 59.5 Å².